The molecule has 0 bridgehead atoms. The van der Waals surface area contributed by atoms with Gasteiger partial charge in [-0.3, -0.25) is 18.7 Å². The second kappa shape index (κ2) is 15.5. The Hall–Kier alpha value is -3.04. The van der Waals surface area contributed by atoms with Gasteiger partial charge in [0.15, 0.2) is 17.9 Å². The van der Waals surface area contributed by atoms with Crippen LogP contribution in [-0.4, -0.2) is 83.4 Å². The van der Waals surface area contributed by atoms with E-state index in [0.29, 0.717) is 5.82 Å². The van der Waals surface area contributed by atoms with E-state index in [0.717, 1.165) is 12.8 Å². The average molecular weight is 686 g/mol. The minimum absolute atomic E-state index is 0.00524. The van der Waals surface area contributed by atoms with Crippen molar-refractivity contribution in [1.82, 2.24) is 19.7 Å². The smallest absolute Gasteiger partial charge is 0.465 e. The van der Waals surface area contributed by atoms with E-state index in [1.54, 1.807) is 26.8 Å². The maximum atomic E-state index is 14.6. The first-order chi connectivity index (χ1) is 22.2. The topological polar surface area (TPSA) is 195 Å². The Morgan fingerprint density at radius 2 is 1.62 bits per heavy atom. The van der Waals surface area contributed by atoms with Gasteiger partial charge in [-0.2, -0.15) is 4.98 Å². The monoisotopic (exact) mass is 685 g/mol. The molecule has 2 saturated heterocycles. The van der Waals surface area contributed by atoms with E-state index in [4.69, 9.17) is 28.2 Å². The van der Waals surface area contributed by atoms with E-state index in [-0.39, 0.29) is 43.9 Å². The maximum absolute atomic E-state index is 14.6. The second-order valence-electron chi connectivity index (χ2n) is 13.0. The molecule has 1 aromatic heterocycles. The summed E-state index contributed by atoms with van der Waals surface area (Å²) in [5.41, 5.74) is -2.11. The van der Waals surface area contributed by atoms with Gasteiger partial charge in [0.1, 0.15) is 24.0 Å². The highest BCUT2D eigenvalue weighted by Gasteiger charge is 2.64. The number of nitrogens with zero attached hydrogens (tertiary/aromatic N) is 2. The zero-order valence-corrected chi connectivity index (χ0v) is 29.0. The van der Waals surface area contributed by atoms with Crippen LogP contribution in [0.25, 0.3) is 0 Å². The van der Waals surface area contributed by atoms with Crippen LogP contribution in [0, 0.1) is 11.8 Å². The van der Waals surface area contributed by atoms with Crippen LogP contribution in [0.4, 0.5) is 10.6 Å². The minimum Gasteiger partial charge on any atom is -0.465 e. The molecule has 3 unspecified atom stereocenters. The third kappa shape index (κ3) is 9.32. The van der Waals surface area contributed by atoms with Gasteiger partial charge in [-0.15, -0.1) is 0 Å². The van der Waals surface area contributed by atoms with Crippen LogP contribution in [0.3, 0.4) is 0 Å². The summed E-state index contributed by atoms with van der Waals surface area (Å²) in [7, 11) is -4.29. The molecule has 16 nitrogen and oxygen atoms in total. The van der Waals surface area contributed by atoms with Crippen molar-refractivity contribution in [3.63, 3.8) is 0 Å². The fourth-order valence-corrected chi connectivity index (χ4v) is 7.42. The van der Waals surface area contributed by atoms with Crippen LogP contribution >= 0.6 is 7.67 Å². The van der Waals surface area contributed by atoms with Crippen molar-refractivity contribution >= 4 is 31.6 Å². The molecule has 0 amide bonds. The third-order valence-electron chi connectivity index (χ3n) is 7.86. The van der Waals surface area contributed by atoms with Crippen molar-refractivity contribution in [2.45, 2.75) is 116 Å². The van der Waals surface area contributed by atoms with Crippen molar-refractivity contribution < 1.29 is 47.2 Å². The van der Waals surface area contributed by atoms with Crippen molar-refractivity contribution in [1.29, 1.82) is 0 Å². The number of nitrogens with one attached hydrogen (secondary N) is 3. The first-order valence-corrected chi connectivity index (χ1v) is 17.8. The Morgan fingerprint density at radius 3 is 2.11 bits per heavy atom. The fourth-order valence-electron chi connectivity index (χ4n) is 5.60. The highest BCUT2D eigenvalue weighted by molar-refractivity contribution is 7.54. The molecule has 0 spiro atoms. The molecule has 47 heavy (non-hydrogen) atoms. The summed E-state index contributed by atoms with van der Waals surface area (Å²) in [5, 5.41) is 8.76. The van der Waals surface area contributed by atoms with Gasteiger partial charge in [-0.1, -0.05) is 27.7 Å². The van der Waals surface area contributed by atoms with E-state index in [9.17, 15) is 23.7 Å². The van der Waals surface area contributed by atoms with Crippen LogP contribution in [0.1, 0.15) is 80.4 Å². The minimum atomic E-state index is -4.29. The summed E-state index contributed by atoms with van der Waals surface area (Å²) >= 11 is 0. The Kier molecular flexibility index (Phi) is 12.1. The molecule has 0 radical (unpaired) electrons. The van der Waals surface area contributed by atoms with Crippen LogP contribution < -0.4 is 21.2 Å². The molecule has 3 N–H and O–H groups in total. The van der Waals surface area contributed by atoms with Gasteiger partial charge >= 0.3 is 31.5 Å². The van der Waals surface area contributed by atoms with Gasteiger partial charge in [0.25, 0.3) is 0 Å². The Balaban J connectivity index is 1.61. The van der Waals surface area contributed by atoms with Crippen LogP contribution in [0.15, 0.2) is 17.1 Å². The lowest BCUT2D eigenvalue weighted by Gasteiger charge is -2.30. The van der Waals surface area contributed by atoms with Gasteiger partial charge in [0.05, 0.1) is 19.8 Å². The molecule has 264 valence electrons. The van der Waals surface area contributed by atoms with Crippen molar-refractivity contribution in [3.8, 4) is 0 Å². The van der Waals surface area contributed by atoms with E-state index in [2.05, 4.69) is 20.5 Å². The third-order valence-corrected chi connectivity index (χ3v) is 9.68. The quantitative estimate of drug-likeness (QED) is 0.116. The summed E-state index contributed by atoms with van der Waals surface area (Å²) in [4.78, 5) is 55.5. The Labute approximate surface area is 274 Å². The summed E-state index contributed by atoms with van der Waals surface area (Å²) in [6.45, 7) is 12.2. The number of anilines is 1. The SMILES string of the molecule is CCOC(=O)C(CC(C)C)NP(=O)(NC(CC(C)C)C(=O)OCC)OC[C@H]1O[C@@H](n2ccc(NC3CC3)nc2=O)[C@@]2(C)OC(=O)OC12. The largest absolute Gasteiger partial charge is 0.509 e. The number of rotatable bonds is 18. The molecule has 1 aliphatic carbocycles. The zero-order chi connectivity index (χ0) is 34.5. The first-order valence-electron chi connectivity index (χ1n) is 16.2. The molecule has 4 rings (SSSR count). The first kappa shape index (κ1) is 36.8. The number of fused-ring (bicyclic) bond motifs is 1. The average Bonchev–Trinajstić information content (AvgIpc) is 3.68. The van der Waals surface area contributed by atoms with Gasteiger partial charge in [-0.05, 0) is 64.4 Å². The second-order valence-corrected chi connectivity index (χ2v) is 14.9. The number of hydrogen-bond acceptors (Lipinski definition) is 13. The predicted octanol–water partition coefficient (Wildman–Crippen LogP) is 3.27. The van der Waals surface area contributed by atoms with E-state index >= 15 is 0 Å². The molecule has 6 atom stereocenters. The van der Waals surface area contributed by atoms with Gasteiger partial charge in [0, 0.05) is 12.2 Å². The molecule has 1 aromatic rings. The highest BCUT2D eigenvalue weighted by Crippen LogP contribution is 2.48. The zero-order valence-electron chi connectivity index (χ0n) is 28.1. The molecule has 3 aliphatic rings. The lowest BCUT2D eigenvalue weighted by molar-refractivity contribution is -0.146. The highest BCUT2D eigenvalue weighted by atomic mass is 31.2. The molecule has 2 aliphatic heterocycles. The van der Waals surface area contributed by atoms with Crippen LogP contribution in [0.5, 0.6) is 0 Å². The number of carbonyl (C=O) groups excluding carboxylic acids is 3. The molecular formula is C30H48N5O11P. The molecule has 3 fully saturated rings. The van der Waals surface area contributed by atoms with Crippen molar-refractivity contribution in [2.24, 2.45) is 11.8 Å². The lowest BCUT2D eigenvalue weighted by Crippen LogP contribution is -2.46. The van der Waals surface area contributed by atoms with Crippen molar-refractivity contribution in [3.05, 3.63) is 22.7 Å². The number of aromatic nitrogens is 2. The molecule has 3 heterocycles. The van der Waals surface area contributed by atoms with Gasteiger partial charge in [-0.25, -0.2) is 19.8 Å². The van der Waals surface area contributed by atoms with Gasteiger partial charge in [0.2, 0.25) is 0 Å². The summed E-state index contributed by atoms with van der Waals surface area (Å²) in [5.74, 6) is -0.875. The number of hydrogen-bond donors (Lipinski definition) is 3. The summed E-state index contributed by atoms with van der Waals surface area (Å²) in [6.07, 6.45) is -0.313. The predicted molar refractivity (Wildman–Crippen MR) is 168 cm³/mol. The molecule has 17 heteroatoms. The number of carbonyl (C=O) groups is 3. The van der Waals surface area contributed by atoms with Gasteiger partial charge < -0.3 is 33.5 Å². The maximum Gasteiger partial charge on any atom is 0.509 e. The Bertz CT molecular complexity index is 1350. The standard InChI is InChI=1S/C30H48N5O11P/c1-8-41-25(36)20(14-17(3)4)33-47(40,34-21(15-18(5)6)26(37)42-9-2)43-16-22-24-30(7,46-29(39)45-24)27(44-22)35-13-12-23(32-28(35)38)31-19-10-11-19/h12-13,17-22,24,27H,8-11,14-16H2,1-7H3,(H,31,32,38)(H2,33,34,40)/t20?,21?,22-,24?,27-,30+,47?/m1/s1. The van der Waals surface area contributed by atoms with Crippen LogP contribution in [-0.2, 0) is 42.4 Å². The number of esters is 2. The number of ether oxygens (including phenoxy) is 5. The van der Waals surface area contributed by atoms with Crippen LogP contribution in [0.2, 0.25) is 0 Å². The molecule has 0 aromatic carbocycles. The molecular weight excluding hydrogens is 637 g/mol. The molecule has 1 saturated carbocycles. The summed E-state index contributed by atoms with van der Waals surface area (Å²) in [6, 6.07) is -0.214. The lowest BCUT2D eigenvalue weighted by atomic mass is 9.96. The van der Waals surface area contributed by atoms with E-state index in [1.165, 1.54) is 10.8 Å². The summed E-state index contributed by atoms with van der Waals surface area (Å²) < 4.78 is 49.5. The van der Waals surface area contributed by atoms with E-state index in [1.807, 2.05) is 27.7 Å². The van der Waals surface area contributed by atoms with E-state index < -0.39 is 74.2 Å². The normalized spacial score (nSPS) is 26.2. The fraction of sp³-hybridized carbons (Fsp3) is 0.767. The Morgan fingerprint density at radius 1 is 1.04 bits per heavy atom. The van der Waals surface area contributed by atoms with Crippen molar-refractivity contribution in [2.75, 3.05) is 25.1 Å².